The van der Waals surface area contributed by atoms with Crippen LogP contribution in [0.4, 0.5) is 0 Å². The number of amides is 1. The van der Waals surface area contributed by atoms with E-state index in [1.54, 1.807) is 29.2 Å². The van der Waals surface area contributed by atoms with Crippen LogP contribution < -0.4 is 5.32 Å². The molecule has 1 aromatic carbocycles. The molecule has 2 aromatic rings. The molecule has 0 saturated heterocycles. The summed E-state index contributed by atoms with van der Waals surface area (Å²) in [7, 11) is 0. The lowest BCUT2D eigenvalue weighted by atomic mass is 10.1. The maximum atomic E-state index is 12.1. The van der Waals surface area contributed by atoms with Gasteiger partial charge in [0.15, 0.2) is 0 Å². The van der Waals surface area contributed by atoms with Gasteiger partial charge in [-0.15, -0.1) is 0 Å². The van der Waals surface area contributed by atoms with E-state index in [9.17, 15) is 9.59 Å². The van der Waals surface area contributed by atoms with Crippen LogP contribution >= 0.6 is 0 Å². The van der Waals surface area contributed by atoms with E-state index in [1.807, 2.05) is 6.07 Å². The molecule has 0 atom stereocenters. The summed E-state index contributed by atoms with van der Waals surface area (Å²) in [6.45, 7) is 0.583. The molecule has 2 rings (SSSR count). The Labute approximate surface area is 134 Å². The van der Waals surface area contributed by atoms with Gasteiger partial charge in [0.25, 0.3) is 5.91 Å². The lowest BCUT2D eigenvalue weighted by molar-refractivity contribution is -0.137. The fourth-order valence-corrected chi connectivity index (χ4v) is 2.19. The van der Waals surface area contributed by atoms with Gasteiger partial charge < -0.3 is 10.4 Å². The average Bonchev–Trinajstić information content (AvgIpc) is 3.08. The van der Waals surface area contributed by atoms with Crippen molar-refractivity contribution >= 4 is 11.9 Å². The summed E-state index contributed by atoms with van der Waals surface area (Å²) in [5.74, 6) is -0.886. The molecule has 0 unspecified atom stereocenters. The predicted octanol–water partition coefficient (Wildman–Crippen LogP) is 2.03. The molecule has 1 aromatic heterocycles. The van der Waals surface area contributed by atoms with Crippen LogP contribution in [0.1, 0.15) is 42.5 Å². The van der Waals surface area contributed by atoms with E-state index < -0.39 is 5.97 Å². The van der Waals surface area contributed by atoms with Crippen LogP contribution in [0.3, 0.4) is 0 Å². The molecule has 7 heteroatoms. The largest absolute Gasteiger partial charge is 0.481 e. The third kappa shape index (κ3) is 5.54. The predicted molar refractivity (Wildman–Crippen MR) is 84.4 cm³/mol. The van der Waals surface area contributed by atoms with Gasteiger partial charge in [0.05, 0.1) is 5.69 Å². The van der Waals surface area contributed by atoms with Gasteiger partial charge in [-0.3, -0.25) is 9.59 Å². The molecule has 0 aliphatic rings. The molecule has 0 aliphatic carbocycles. The Balaban J connectivity index is 1.74. The number of hydrogen-bond acceptors (Lipinski definition) is 4. The van der Waals surface area contributed by atoms with Crippen LogP contribution in [0.2, 0.25) is 0 Å². The molecule has 0 fully saturated rings. The SMILES string of the molecule is O=C(O)CCCCCCNC(=O)c1cccc(-n2cncn2)c1. The Hall–Kier alpha value is -2.70. The maximum Gasteiger partial charge on any atom is 0.303 e. The zero-order chi connectivity index (χ0) is 16.5. The molecule has 0 spiro atoms. The number of rotatable bonds is 9. The Morgan fingerprint density at radius 3 is 2.74 bits per heavy atom. The Morgan fingerprint density at radius 1 is 1.17 bits per heavy atom. The van der Waals surface area contributed by atoms with Crippen molar-refractivity contribution < 1.29 is 14.7 Å². The number of benzene rings is 1. The smallest absolute Gasteiger partial charge is 0.303 e. The molecule has 2 N–H and O–H groups in total. The highest BCUT2D eigenvalue weighted by molar-refractivity contribution is 5.94. The number of carbonyl (C=O) groups is 2. The van der Waals surface area contributed by atoms with Gasteiger partial charge in [-0.25, -0.2) is 9.67 Å². The van der Waals surface area contributed by atoms with Gasteiger partial charge in [-0.2, -0.15) is 5.10 Å². The molecular formula is C16H20N4O3. The Morgan fingerprint density at radius 2 is 2.00 bits per heavy atom. The molecule has 1 amide bonds. The number of carboxylic acid groups (broad SMARTS) is 1. The number of nitrogens with one attached hydrogen (secondary N) is 1. The number of nitrogens with zero attached hydrogens (tertiary/aromatic N) is 3. The number of aliphatic carboxylic acids is 1. The quantitative estimate of drug-likeness (QED) is 0.690. The normalized spacial score (nSPS) is 10.4. The van der Waals surface area contributed by atoms with Crippen LogP contribution in [0.25, 0.3) is 5.69 Å². The van der Waals surface area contributed by atoms with Crippen molar-refractivity contribution in [2.45, 2.75) is 32.1 Å². The topological polar surface area (TPSA) is 97.1 Å². The second-order valence-electron chi connectivity index (χ2n) is 5.20. The van der Waals surface area contributed by atoms with Gasteiger partial charge >= 0.3 is 5.97 Å². The molecule has 23 heavy (non-hydrogen) atoms. The molecule has 0 aliphatic heterocycles. The third-order valence-corrected chi connectivity index (χ3v) is 3.39. The van der Waals surface area contributed by atoms with Gasteiger partial charge in [0, 0.05) is 18.5 Å². The van der Waals surface area contributed by atoms with Crippen LogP contribution in [-0.4, -0.2) is 38.3 Å². The van der Waals surface area contributed by atoms with Crippen LogP contribution in [0, 0.1) is 0 Å². The van der Waals surface area contributed by atoms with E-state index in [0.29, 0.717) is 18.5 Å². The molecule has 0 saturated carbocycles. The Bertz CT molecular complexity index is 641. The lowest BCUT2D eigenvalue weighted by Gasteiger charge is -2.07. The summed E-state index contributed by atoms with van der Waals surface area (Å²) in [5, 5.41) is 15.4. The van der Waals surface area contributed by atoms with Crippen LogP contribution in [0.15, 0.2) is 36.9 Å². The second-order valence-corrected chi connectivity index (χ2v) is 5.20. The monoisotopic (exact) mass is 316 g/mol. The number of unbranched alkanes of at least 4 members (excludes halogenated alkanes) is 3. The highest BCUT2D eigenvalue weighted by atomic mass is 16.4. The van der Waals surface area contributed by atoms with E-state index in [1.165, 1.54) is 6.33 Å². The molecule has 0 bridgehead atoms. The van der Waals surface area contributed by atoms with Gasteiger partial charge in [-0.05, 0) is 31.0 Å². The lowest BCUT2D eigenvalue weighted by Crippen LogP contribution is -2.24. The third-order valence-electron chi connectivity index (χ3n) is 3.39. The summed E-state index contributed by atoms with van der Waals surface area (Å²) in [6, 6.07) is 7.17. The molecule has 122 valence electrons. The second kappa shape index (κ2) is 8.67. The zero-order valence-electron chi connectivity index (χ0n) is 12.8. The standard InChI is InChI=1S/C16H20N4O3/c21-15(22)8-3-1-2-4-9-18-16(23)13-6-5-7-14(10-13)20-12-17-11-19-20/h5-7,10-12H,1-4,8-9H2,(H,18,23)(H,21,22). The van der Waals surface area contributed by atoms with Crippen molar-refractivity contribution in [1.29, 1.82) is 0 Å². The summed E-state index contributed by atoms with van der Waals surface area (Å²) >= 11 is 0. The van der Waals surface area contributed by atoms with Crippen molar-refractivity contribution in [3.63, 3.8) is 0 Å². The zero-order valence-corrected chi connectivity index (χ0v) is 12.8. The van der Waals surface area contributed by atoms with Gasteiger partial charge in [0.2, 0.25) is 0 Å². The van der Waals surface area contributed by atoms with Crippen molar-refractivity contribution in [2.24, 2.45) is 0 Å². The first-order valence-corrected chi connectivity index (χ1v) is 7.62. The van der Waals surface area contributed by atoms with E-state index in [4.69, 9.17) is 5.11 Å². The fraction of sp³-hybridized carbons (Fsp3) is 0.375. The summed E-state index contributed by atoms with van der Waals surface area (Å²) in [6.07, 6.45) is 6.53. The van der Waals surface area contributed by atoms with E-state index in [0.717, 1.165) is 24.9 Å². The van der Waals surface area contributed by atoms with E-state index >= 15 is 0 Å². The van der Waals surface area contributed by atoms with Gasteiger partial charge in [-0.1, -0.05) is 18.9 Å². The first-order valence-electron chi connectivity index (χ1n) is 7.62. The fourth-order valence-electron chi connectivity index (χ4n) is 2.19. The number of carboxylic acids is 1. The Kier molecular flexibility index (Phi) is 6.28. The number of hydrogen-bond donors (Lipinski definition) is 2. The highest BCUT2D eigenvalue weighted by Gasteiger charge is 2.06. The van der Waals surface area contributed by atoms with Crippen molar-refractivity contribution in [3.05, 3.63) is 42.5 Å². The first-order chi connectivity index (χ1) is 11.2. The highest BCUT2D eigenvalue weighted by Crippen LogP contribution is 2.09. The maximum absolute atomic E-state index is 12.1. The minimum absolute atomic E-state index is 0.127. The summed E-state index contributed by atoms with van der Waals surface area (Å²) < 4.78 is 1.60. The molecule has 7 nitrogen and oxygen atoms in total. The van der Waals surface area contributed by atoms with E-state index in [2.05, 4.69) is 15.4 Å². The van der Waals surface area contributed by atoms with Crippen LogP contribution in [-0.2, 0) is 4.79 Å². The minimum atomic E-state index is -0.759. The van der Waals surface area contributed by atoms with E-state index in [-0.39, 0.29) is 12.3 Å². The molecule has 1 heterocycles. The average molecular weight is 316 g/mol. The molecular weight excluding hydrogens is 296 g/mol. The first kappa shape index (κ1) is 16.7. The number of carbonyl (C=O) groups excluding carboxylic acids is 1. The number of aromatic nitrogens is 3. The minimum Gasteiger partial charge on any atom is -0.481 e. The van der Waals surface area contributed by atoms with Crippen molar-refractivity contribution in [3.8, 4) is 5.69 Å². The van der Waals surface area contributed by atoms with Crippen molar-refractivity contribution in [2.75, 3.05) is 6.54 Å². The van der Waals surface area contributed by atoms with Gasteiger partial charge in [0.1, 0.15) is 12.7 Å². The van der Waals surface area contributed by atoms with Crippen molar-refractivity contribution in [1.82, 2.24) is 20.1 Å². The summed E-state index contributed by atoms with van der Waals surface area (Å²) in [5.41, 5.74) is 1.35. The molecule has 0 radical (unpaired) electrons. The summed E-state index contributed by atoms with van der Waals surface area (Å²) in [4.78, 5) is 26.4. The van der Waals surface area contributed by atoms with Crippen LogP contribution in [0.5, 0.6) is 0 Å².